The lowest BCUT2D eigenvalue weighted by atomic mass is 9.80. The molecule has 0 aliphatic rings. The van der Waals surface area contributed by atoms with Crippen LogP contribution >= 0.6 is 0 Å². The lowest BCUT2D eigenvalue weighted by Gasteiger charge is -2.26. The molecule has 0 aromatic heterocycles. The van der Waals surface area contributed by atoms with Gasteiger partial charge in [-0.15, -0.1) is 0 Å². The van der Waals surface area contributed by atoms with E-state index in [9.17, 15) is 0 Å². The Labute approximate surface area is 72.4 Å². The second kappa shape index (κ2) is 5.62. The molecular weight excluding hydrogens is 132 g/mol. The molecule has 0 bridgehead atoms. The van der Waals surface area contributed by atoms with E-state index >= 15 is 0 Å². The molecule has 0 aliphatic heterocycles. The first-order chi connectivity index (χ1) is 5.13. The molecule has 0 aromatic rings. The van der Waals surface area contributed by atoms with Crippen LogP contribution in [-0.4, -0.2) is 0 Å². The van der Waals surface area contributed by atoms with Gasteiger partial charge in [0.2, 0.25) is 0 Å². The van der Waals surface area contributed by atoms with Gasteiger partial charge in [0.25, 0.3) is 0 Å². The number of rotatable bonds is 5. The van der Waals surface area contributed by atoms with Crippen molar-refractivity contribution in [1.82, 2.24) is 0 Å². The highest BCUT2D eigenvalue weighted by Gasteiger charge is 2.17. The summed E-state index contributed by atoms with van der Waals surface area (Å²) in [6.45, 7) is 11.7. The summed E-state index contributed by atoms with van der Waals surface area (Å²) in [5.74, 6) is 2.73. The van der Waals surface area contributed by atoms with Crippen LogP contribution in [0.2, 0.25) is 0 Å². The van der Waals surface area contributed by atoms with Crippen LogP contribution in [0.1, 0.15) is 53.9 Å². The molecule has 2 atom stereocenters. The molecule has 1 unspecified atom stereocenters. The first-order valence-electron chi connectivity index (χ1n) is 5.13. The molecule has 0 aliphatic carbocycles. The van der Waals surface area contributed by atoms with Gasteiger partial charge < -0.3 is 0 Å². The van der Waals surface area contributed by atoms with Crippen LogP contribution in [0.4, 0.5) is 0 Å². The summed E-state index contributed by atoms with van der Waals surface area (Å²) in [5, 5.41) is 0. The van der Waals surface area contributed by atoms with Gasteiger partial charge in [-0.1, -0.05) is 53.9 Å². The van der Waals surface area contributed by atoms with E-state index in [1.54, 1.807) is 0 Å². The van der Waals surface area contributed by atoms with Crippen molar-refractivity contribution in [3.8, 4) is 0 Å². The first-order valence-corrected chi connectivity index (χ1v) is 5.13. The van der Waals surface area contributed by atoms with Crippen molar-refractivity contribution in [3.63, 3.8) is 0 Å². The van der Waals surface area contributed by atoms with Gasteiger partial charge in [0.15, 0.2) is 0 Å². The molecule has 0 heterocycles. The molecule has 0 radical (unpaired) electrons. The Morgan fingerprint density at radius 3 is 1.82 bits per heavy atom. The summed E-state index contributed by atoms with van der Waals surface area (Å²) < 4.78 is 0. The minimum Gasteiger partial charge on any atom is -0.0654 e. The predicted octanol–water partition coefficient (Wildman–Crippen LogP) is 4.10. The Kier molecular flexibility index (Phi) is 5.62. The molecule has 0 saturated carbocycles. The lowest BCUT2D eigenvalue weighted by molar-refractivity contribution is 0.245. The molecule has 0 saturated heterocycles. The van der Waals surface area contributed by atoms with Crippen LogP contribution < -0.4 is 0 Å². The smallest absolute Gasteiger partial charge is 0.0366 e. The Morgan fingerprint density at radius 2 is 1.55 bits per heavy atom. The third-order valence-corrected chi connectivity index (χ3v) is 2.85. The molecule has 0 amide bonds. The lowest BCUT2D eigenvalue weighted by Crippen LogP contribution is -2.16. The van der Waals surface area contributed by atoms with Crippen molar-refractivity contribution in [1.29, 1.82) is 0 Å². The molecular formula is C11H24. The summed E-state index contributed by atoms with van der Waals surface area (Å²) >= 11 is 0. The standard InChI is InChI=1S/C11H24/c1-6-8-11(9(3)4)10(5)7-2/h9-11H,6-8H2,1-5H3/t10?,11-/m1/s1. The average Bonchev–Trinajstić information content (AvgIpc) is 1.98. The van der Waals surface area contributed by atoms with Crippen molar-refractivity contribution in [2.75, 3.05) is 0 Å². The summed E-state index contributed by atoms with van der Waals surface area (Å²) in [4.78, 5) is 0. The SMILES string of the molecule is CCC[C@H](C(C)C)C(C)CC. The molecule has 0 nitrogen and oxygen atoms in total. The van der Waals surface area contributed by atoms with Gasteiger partial charge >= 0.3 is 0 Å². The zero-order chi connectivity index (χ0) is 8.85. The highest BCUT2D eigenvalue weighted by atomic mass is 14.2. The van der Waals surface area contributed by atoms with Crippen molar-refractivity contribution in [3.05, 3.63) is 0 Å². The van der Waals surface area contributed by atoms with E-state index in [-0.39, 0.29) is 0 Å². The summed E-state index contributed by atoms with van der Waals surface area (Å²) in [7, 11) is 0. The average molecular weight is 156 g/mol. The molecule has 0 aromatic carbocycles. The van der Waals surface area contributed by atoms with Crippen molar-refractivity contribution < 1.29 is 0 Å². The van der Waals surface area contributed by atoms with Gasteiger partial charge in [-0.25, -0.2) is 0 Å². The Hall–Kier alpha value is 0. The fourth-order valence-electron chi connectivity index (χ4n) is 1.91. The van der Waals surface area contributed by atoms with Gasteiger partial charge in [-0.05, 0) is 17.8 Å². The third-order valence-electron chi connectivity index (χ3n) is 2.85. The molecule has 0 spiro atoms. The van der Waals surface area contributed by atoms with Crippen LogP contribution in [0.25, 0.3) is 0 Å². The largest absolute Gasteiger partial charge is 0.0654 e. The molecule has 0 N–H and O–H groups in total. The van der Waals surface area contributed by atoms with Gasteiger partial charge in [-0.3, -0.25) is 0 Å². The van der Waals surface area contributed by atoms with E-state index < -0.39 is 0 Å². The Morgan fingerprint density at radius 1 is 1.00 bits per heavy atom. The van der Waals surface area contributed by atoms with E-state index in [1.165, 1.54) is 19.3 Å². The predicted molar refractivity (Wildman–Crippen MR) is 52.7 cm³/mol. The molecule has 0 rings (SSSR count). The number of hydrogen-bond acceptors (Lipinski definition) is 0. The normalized spacial score (nSPS) is 16.9. The number of hydrogen-bond donors (Lipinski definition) is 0. The molecule has 11 heavy (non-hydrogen) atoms. The molecule has 0 heteroatoms. The third kappa shape index (κ3) is 3.79. The summed E-state index contributed by atoms with van der Waals surface area (Å²) in [5.41, 5.74) is 0. The highest BCUT2D eigenvalue weighted by molar-refractivity contribution is 4.67. The van der Waals surface area contributed by atoms with E-state index in [1.807, 2.05) is 0 Å². The van der Waals surface area contributed by atoms with Crippen LogP contribution in [0.3, 0.4) is 0 Å². The van der Waals surface area contributed by atoms with Gasteiger partial charge in [0.1, 0.15) is 0 Å². The molecule has 68 valence electrons. The maximum atomic E-state index is 2.39. The minimum atomic E-state index is 0.866. The van der Waals surface area contributed by atoms with E-state index in [0.717, 1.165) is 17.8 Å². The van der Waals surface area contributed by atoms with Crippen molar-refractivity contribution in [2.24, 2.45) is 17.8 Å². The zero-order valence-corrected chi connectivity index (χ0v) is 8.85. The van der Waals surface area contributed by atoms with E-state index in [4.69, 9.17) is 0 Å². The van der Waals surface area contributed by atoms with Crippen LogP contribution in [0.15, 0.2) is 0 Å². The van der Waals surface area contributed by atoms with Gasteiger partial charge in [0.05, 0.1) is 0 Å². The summed E-state index contributed by atoms with van der Waals surface area (Å²) in [6, 6.07) is 0. The Bertz CT molecular complexity index is 84.0. The summed E-state index contributed by atoms with van der Waals surface area (Å²) in [6.07, 6.45) is 4.09. The van der Waals surface area contributed by atoms with Gasteiger partial charge in [0, 0.05) is 0 Å². The van der Waals surface area contributed by atoms with Crippen LogP contribution in [-0.2, 0) is 0 Å². The van der Waals surface area contributed by atoms with Crippen molar-refractivity contribution >= 4 is 0 Å². The van der Waals surface area contributed by atoms with Crippen LogP contribution in [0, 0.1) is 17.8 Å². The first kappa shape index (κ1) is 11.0. The minimum absolute atomic E-state index is 0.866. The van der Waals surface area contributed by atoms with Crippen LogP contribution in [0.5, 0.6) is 0 Å². The topological polar surface area (TPSA) is 0 Å². The van der Waals surface area contributed by atoms with E-state index in [0.29, 0.717) is 0 Å². The second-order valence-corrected chi connectivity index (χ2v) is 4.08. The Balaban J connectivity index is 3.87. The molecule has 0 fully saturated rings. The second-order valence-electron chi connectivity index (χ2n) is 4.08. The fourth-order valence-corrected chi connectivity index (χ4v) is 1.91. The fraction of sp³-hybridized carbons (Fsp3) is 1.00. The highest BCUT2D eigenvalue weighted by Crippen LogP contribution is 2.27. The monoisotopic (exact) mass is 156 g/mol. The quantitative estimate of drug-likeness (QED) is 0.562. The maximum Gasteiger partial charge on any atom is -0.0366 e. The van der Waals surface area contributed by atoms with E-state index in [2.05, 4.69) is 34.6 Å². The maximum absolute atomic E-state index is 2.39. The van der Waals surface area contributed by atoms with Crippen molar-refractivity contribution in [2.45, 2.75) is 53.9 Å². The zero-order valence-electron chi connectivity index (χ0n) is 8.85. The van der Waals surface area contributed by atoms with Gasteiger partial charge in [-0.2, -0.15) is 0 Å².